The number of H-pyrrole nitrogens is 1. The highest BCUT2D eigenvalue weighted by molar-refractivity contribution is 5.88. The van der Waals surface area contributed by atoms with Crippen molar-refractivity contribution in [3.63, 3.8) is 0 Å². The van der Waals surface area contributed by atoms with Crippen LogP contribution in [0.25, 0.3) is 0 Å². The maximum absolute atomic E-state index is 14.4. The zero-order valence-electron chi connectivity index (χ0n) is 13.2. The van der Waals surface area contributed by atoms with E-state index in [2.05, 4.69) is 14.7 Å². The largest absolute Gasteiger partial charge is 0.486 e. The molecule has 0 saturated heterocycles. The van der Waals surface area contributed by atoms with Gasteiger partial charge in [0.1, 0.15) is 6.61 Å². The van der Waals surface area contributed by atoms with E-state index in [0.29, 0.717) is 18.8 Å². The van der Waals surface area contributed by atoms with E-state index in [1.807, 2.05) is 4.90 Å². The third-order valence-electron chi connectivity index (χ3n) is 3.80. The van der Waals surface area contributed by atoms with E-state index >= 15 is 0 Å². The van der Waals surface area contributed by atoms with Gasteiger partial charge in [-0.05, 0) is 6.07 Å². The molecule has 1 aliphatic heterocycles. The van der Waals surface area contributed by atoms with Crippen molar-refractivity contribution in [2.45, 2.75) is 6.54 Å². The lowest BCUT2D eigenvalue weighted by molar-refractivity contribution is 0.180. The Hall–Kier alpha value is -2.84. The van der Waals surface area contributed by atoms with Gasteiger partial charge in [0.25, 0.3) is 0 Å². The topological polar surface area (TPSA) is 70.7 Å². The molecule has 0 spiro atoms. The number of amides is 1. The number of methoxy groups -OCH3 is 1. The highest BCUT2D eigenvalue weighted by Crippen LogP contribution is 2.40. The molecule has 0 bridgehead atoms. The molecule has 7 nitrogen and oxygen atoms in total. The molecule has 0 fully saturated rings. The van der Waals surface area contributed by atoms with Crippen LogP contribution in [0.15, 0.2) is 18.6 Å². The molecular weight excluding hydrogens is 322 g/mol. The van der Waals surface area contributed by atoms with Crippen molar-refractivity contribution in [1.82, 2.24) is 9.97 Å². The van der Waals surface area contributed by atoms with E-state index in [1.54, 1.807) is 12.5 Å². The average molecular weight is 338 g/mol. The van der Waals surface area contributed by atoms with Crippen LogP contribution in [0.1, 0.15) is 5.69 Å². The van der Waals surface area contributed by atoms with Crippen LogP contribution in [0, 0.1) is 11.6 Å². The Morgan fingerprint density at radius 1 is 1.50 bits per heavy atom. The normalized spacial score (nSPS) is 13.2. The Kier molecular flexibility index (Phi) is 4.24. The molecule has 128 valence electrons. The van der Waals surface area contributed by atoms with Crippen molar-refractivity contribution >= 4 is 17.5 Å². The number of hydrogen-bond donors (Lipinski definition) is 1. The van der Waals surface area contributed by atoms with Gasteiger partial charge in [-0.1, -0.05) is 0 Å². The van der Waals surface area contributed by atoms with Crippen LogP contribution in [0.5, 0.6) is 5.75 Å². The van der Waals surface area contributed by atoms with Gasteiger partial charge in [-0.2, -0.15) is 4.39 Å². The standard InChI is InChI=1S/C15H16F2N4O3/c1-20(15(22)23-2)10-5-11-14(13(17)12(10)16)24-4-3-21(11)7-9-6-18-8-19-9/h5-6,8H,3-4,7H2,1-2H3,(H,18,19). The number of fused-ring (bicyclic) bond motifs is 1. The minimum absolute atomic E-state index is 0.166. The molecule has 1 amide bonds. The Morgan fingerprint density at radius 2 is 2.29 bits per heavy atom. The molecule has 2 aromatic rings. The summed E-state index contributed by atoms with van der Waals surface area (Å²) in [5.74, 6) is -2.46. The number of carbonyl (C=O) groups excluding carboxylic acids is 1. The first kappa shape index (κ1) is 16.0. The predicted molar refractivity (Wildman–Crippen MR) is 82.3 cm³/mol. The van der Waals surface area contributed by atoms with Crippen LogP contribution >= 0.6 is 0 Å². The van der Waals surface area contributed by atoms with Gasteiger partial charge in [-0.3, -0.25) is 4.90 Å². The van der Waals surface area contributed by atoms with Crippen LogP contribution in [0.2, 0.25) is 0 Å². The summed E-state index contributed by atoms with van der Waals surface area (Å²) in [7, 11) is 2.47. The summed E-state index contributed by atoms with van der Waals surface area (Å²) in [4.78, 5) is 21.3. The van der Waals surface area contributed by atoms with Crippen molar-refractivity contribution < 1.29 is 23.0 Å². The summed E-state index contributed by atoms with van der Waals surface area (Å²) in [6, 6.07) is 1.38. The number of nitrogens with one attached hydrogen (secondary N) is 1. The smallest absolute Gasteiger partial charge is 0.413 e. The Labute approximate surface area is 136 Å². The third kappa shape index (κ3) is 2.72. The molecule has 0 unspecified atom stereocenters. The van der Waals surface area contributed by atoms with Crippen LogP contribution in [0.4, 0.5) is 25.0 Å². The fraction of sp³-hybridized carbons (Fsp3) is 0.333. The minimum Gasteiger partial charge on any atom is -0.486 e. The quantitative estimate of drug-likeness (QED) is 0.930. The first-order valence-electron chi connectivity index (χ1n) is 7.21. The molecule has 2 heterocycles. The molecule has 9 heteroatoms. The van der Waals surface area contributed by atoms with Crippen LogP contribution in [0.3, 0.4) is 0 Å². The Morgan fingerprint density at radius 3 is 2.96 bits per heavy atom. The van der Waals surface area contributed by atoms with Gasteiger partial charge in [0.2, 0.25) is 5.82 Å². The highest BCUT2D eigenvalue weighted by atomic mass is 19.2. The van der Waals surface area contributed by atoms with Crippen molar-refractivity contribution in [3.8, 4) is 5.75 Å². The zero-order chi connectivity index (χ0) is 17.3. The first-order chi connectivity index (χ1) is 11.5. The predicted octanol–water partition coefficient (Wildman–Crippen LogP) is 2.29. The number of ether oxygens (including phenoxy) is 2. The second-order valence-corrected chi connectivity index (χ2v) is 5.25. The van der Waals surface area contributed by atoms with Gasteiger partial charge in [0.05, 0.1) is 43.6 Å². The fourth-order valence-electron chi connectivity index (χ4n) is 2.55. The van der Waals surface area contributed by atoms with E-state index < -0.39 is 17.7 Å². The fourth-order valence-corrected chi connectivity index (χ4v) is 2.55. The molecule has 1 N–H and O–H groups in total. The lowest BCUT2D eigenvalue weighted by atomic mass is 10.1. The second-order valence-electron chi connectivity index (χ2n) is 5.25. The molecule has 24 heavy (non-hydrogen) atoms. The third-order valence-corrected chi connectivity index (χ3v) is 3.80. The highest BCUT2D eigenvalue weighted by Gasteiger charge is 2.29. The van der Waals surface area contributed by atoms with E-state index in [1.165, 1.54) is 20.2 Å². The number of imidazole rings is 1. The Bertz CT molecular complexity index is 752. The van der Waals surface area contributed by atoms with Gasteiger partial charge in [0.15, 0.2) is 11.6 Å². The summed E-state index contributed by atoms with van der Waals surface area (Å²) >= 11 is 0. The summed E-state index contributed by atoms with van der Waals surface area (Å²) in [6.45, 7) is 1.13. The lowest BCUT2D eigenvalue weighted by Crippen LogP contribution is -2.34. The maximum atomic E-state index is 14.4. The summed E-state index contributed by atoms with van der Waals surface area (Å²) in [5.41, 5.74) is 0.953. The molecule has 1 aromatic carbocycles. The molecule has 1 aliphatic rings. The van der Waals surface area contributed by atoms with Gasteiger partial charge >= 0.3 is 6.09 Å². The molecule has 0 radical (unpaired) electrons. The minimum atomic E-state index is -1.16. The molecule has 3 rings (SSSR count). The molecule has 1 aromatic heterocycles. The van der Waals surface area contributed by atoms with Gasteiger partial charge in [-0.25, -0.2) is 14.2 Å². The summed E-state index contributed by atoms with van der Waals surface area (Å²) in [5, 5.41) is 0. The van der Waals surface area contributed by atoms with E-state index in [4.69, 9.17) is 4.74 Å². The number of anilines is 2. The zero-order valence-corrected chi connectivity index (χ0v) is 13.2. The van der Waals surface area contributed by atoms with Gasteiger partial charge in [0, 0.05) is 13.2 Å². The summed E-state index contributed by atoms with van der Waals surface area (Å²) < 4.78 is 38.5. The van der Waals surface area contributed by atoms with Gasteiger partial charge < -0.3 is 19.4 Å². The van der Waals surface area contributed by atoms with E-state index in [0.717, 1.165) is 10.6 Å². The van der Waals surface area contributed by atoms with E-state index in [9.17, 15) is 13.6 Å². The number of aromatic nitrogens is 2. The van der Waals surface area contributed by atoms with Crippen LogP contribution in [-0.2, 0) is 11.3 Å². The number of hydrogen-bond acceptors (Lipinski definition) is 5. The molecular formula is C15H16F2N4O3. The van der Waals surface area contributed by atoms with Crippen molar-refractivity contribution in [2.24, 2.45) is 0 Å². The molecule has 0 aliphatic carbocycles. The number of nitrogens with zero attached hydrogens (tertiary/aromatic N) is 3. The Balaban J connectivity index is 2.03. The number of carbonyl (C=O) groups is 1. The van der Waals surface area contributed by atoms with Crippen molar-refractivity contribution in [2.75, 3.05) is 37.1 Å². The maximum Gasteiger partial charge on any atom is 0.413 e. The van der Waals surface area contributed by atoms with Crippen LogP contribution in [-0.4, -0.2) is 43.4 Å². The van der Waals surface area contributed by atoms with Crippen LogP contribution < -0.4 is 14.5 Å². The van der Waals surface area contributed by atoms with Crippen molar-refractivity contribution in [1.29, 1.82) is 0 Å². The number of rotatable bonds is 3. The number of halogens is 2. The average Bonchev–Trinajstić information content (AvgIpc) is 3.10. The number of aromatic amines is 1. The monoisotopic (exact) mass is 338 g/mol. The number of benzene rings is 1. The second kappa shape index (κ2) is 6.34. The SMILES string of the molecule is COC(=O)N(C)c1cc2c(c(F)c1F)OCCN2Cc1cnc[nH]1. The molecule has 0 atom stereocenters. The van der Waals surface area contributed by atoms with Gasteiger partial charge in [-0.15, -0.1) is 0 Å². The first-order valence-corrected chi connectivity index (χ1v) is 7.21. The lowest BCUT2D eigenvalue weighted by Gasteiger charge is -2.32. The van der Waals surface area contributed by atoms with E-state index in [-0.39, 0.29) is 18.0 Å². The summed E-state index contributed by atoms with van der Waals surface area (Å²) in [6.07, 6.45) is 2.39. The molecule has 0 saturated carbocycles. The van der Waals surface area contributed by atoms with Crippen molar-refractivity contribution in [3.05, 3.63) is 35.9 Å².